The van der Waals surface area contributed by atoms with Crippen molar-refractivity contribution in [2.24, 2.45) is 0 Å². The molecule has 0 bridgehead atoms. The maximum absolute atomic E-state index is 11.2. The fraction of sp³-hybridized carbons (Fsp3) is 0.471. The summed E-state index contributed by atoms with van der Waals surface area (Å²) in [6, 6.07) is 8.57. The fourth-order valence-corrected chi connectivity index (χ4v) is 3.07. The first-order valence-corrected chi connectivity index (χ1v) is 7.72. The molecule has 0 spiro atoms. The topological polar surface area (TPSA) is 54.3 Å². The molecule has 1 fully saturated rings. The lowest BCUT2D eigenvalue weighted by Crippen LogP contribution is -2.36. The van der Waals surface area contributed by atoms with Crippen molar-refractivity contribution in [3.05, 3.63) is 35.6 Å². The number of fused-ring (bicyclic) bond motifs is 1. The first-order chi connectivity index (χ1) is 10.2. The van der Waals surface area contributed by atoms with Crippen LogP contribution in [0, 0.1) is 0 Å². The minimum atomic E-state index is 0.143. The van der Waals surface area contributed by atoms with Gasteiger partial charge < -0.3 is 15.1 Å². The Morgan fingerprint density at radius 2 is 2.24 bits per heavy atom. The third-order valence-corrected chi connectivity index (χ3v) is 4.23. The van der Waals surface area contributed by atoms with Gasteiger partial charge in [0, 0.05) is 30.0 Å². The number of amides is 1. The highest BCUT2D eigenvalue weighted by molar-refractivity contribution is 5.82. The van der Waals surface area contributed by atoms with Gasteiger partial charge in [-0.1, -0.05) is 25.1 Å². The molecule has 1 amide bonds. The number of rotatable bonds is 5. The minimum absolute atomic E-state index is 0.143. The Kier molecular flexibility index (Phi) is 3.97. The molecule has 3 rings (SSSR count). The van der Waals surface area contributed by atoms with Gasteiger partial charge in [-0.3, -0.25) is 4.79 Å². The van der Waals surface area contributed by atoms with Crippen molar-refractivity contribution in [1.82, 2.24) is 10.6 Å². The monoisotopic (exact) mass is 286 g/mol. The maximum atomic E-state index is 11.2. The Morgan fingerprint density at radius 3 is 2.95 bits per heavy atom. The molecule has 2 unspecified atom stereocenters. The van der Waals surface area contributed by atoms with Crippen LogP contribution in [-0.2, 0) is 11.2 Å². The molecule has 2 aromatic rings. The molecule has 1 saturated heterocycles. The average Bonchev–Trinajstić information content (AvgIpc) is 3.07. The van der Waals surface area contributed by atoms with Crippen molar-refractivity contribution in [3.8, 4) is 0 Å². The normalized spacial score (nSPS) is 19.9. The Balaban J connectivity index is 1.74. The van der Waals surface area contributed by atoms with Gasteiger partial charge in [-0.25, -0.2) is 0 Å². The number of carbonyl (C=O) groups is 1. The summed E-state index contributed by atoms with van der Waals surface area (Å²) in [6.45, 7) is 5.06. The van der Waals surface area contributed by atoms with Gasteiger partial charge in [-0.2, -0.15) is 0 Å². The van der Waals surface area contributed by atoms with E-state index in [4.69, 9.17) is 4.42 Å². The molecule has 2 N–H and O–H groups in total. The number of carbonyl (C=O) groups excluding carboxylic acids is 1. The molecule has 2 heterocycles. The molecule has 1 aromatic heterocycles. The second-order valence-electron chi connectivity index (χ2n) is 5.73. The predicted octanol–water partition coefficient (Wildman–Crippen LogP) is 2.92. The number of para-hydroxylation sites is 1. The van der Waals surface area contributed by atoms with Crippen LogP contribution in [0.25, 0.3) is 11.0 Å². The molecule has 2 atom stereocenters. The van der Waals surface area contributed by atoms with Gasteiger partial charge in [0.25, 0.3) is 0 Å². The molecule has 112 valence electrons. The standard InChI is InChI=1S/C17H22N2O2/c1-3-13-14-6-4-5-7-15(14)21-17(13)11(2)18-10-12-8-9-16(20)19-12/h4-7,11-12,18H,3,8-10H2,1-2H3,(H,19,20). The van der Waals surface area contributed by atoms with Crippen molar-refractivity contribution >= 4 is 16.9 Å². The largest absolute Gasteiger partial charge is 0.459 e. The Hall–Kier alpha value is -1.81. The van der Waals surface area contributed by atoms with Crippen LogP contribution in [0.1, 0.15) is 44.1 Å². The molecule has 0 aliphatic carbocycles. The van der Waals surface area contributed by atoms with Gasteiger partial charge in [0.15, 0.2) is 0 Å². The van der Waals surface area contributed by atoms with Crippen LogP contribution in [0.15, 0.2) is 28.7 Å². The summed E-state index contributed by atoms with van der Waals surface area (Å²) in [5.74, 6) is 1.18. The number of hydrogen-bond donors (Lipinski definition) is 2. The lowest BCUT2D eigenvalue weighted by atomic mass is 10.0. The molecule has 21 heavy (non-hydrogen) atoms. The van der Waals surface area contributed by atoms with E-state index >= 15 is 0 Å². The number of hydrogen-bond acceptors (Lipinski definition) is 3. The summed E-state index contributed by atoms with van der Waals surface area (Å²) < 4.78 is 6.04. The molecular weight excluding hydrogens is 264 g/mol. The maximum Gasteiger partial charge on any atom is 0.220 e. The molecule has 4 heteroatoms. The summed E-state index contributed by atoms with van der Waals surface area (Å²) in [5.41, 5.74) is 2.23. The zero-order valence-corrected chi connectivity index (χ0v) is 12.6. The fourth-order valence-electron chi connectivity index (χ4n) is 3.07. The number of aryl methyl sites for hydroxylation is 1. The van der Waals surface area contributed by atoms with Crippen LogP contribution in [0.2, 0.25) is 0 Å². The predicted molar refractivity (Wildman–Crippen MR) is 83.2 cm³/mol. The molecule has 0 radical (unpaired) electrons. The van der Waals surface area contributed by atoms with Gasteiger partial charge in [-0.05, 0) is 25.8 Å². The summed E-state index contributed by atoms with van der Waals surface area (Å²) in [5, 5.41) is 7.68. The van der Waals surface area contributed by atoms with E-state index in [1.165, 1.54) is 10.9 Å². The van der Waals surface area contributed by atoms with Crippen LogP contribution in [0.5, 0.6) is 0 Å². The summed E-state index contributed by atoms with van der Waals surface area (Å²) >= 11 is 0. The Morgan fingerprint density at radius 1 is 1.43 bits per heavy atom. The second-order valence-corrected chi connectivity index (χ2v) is 5.73. The van der Waals surface area contributed by atoms with Gasteiger partial charge in [0.05, 0.1) is 6.04 Å². The zero-order chi connectivity index (χ0) is 14.8. The number of nitrogens with one attached hydrogen (secondary N) is 2. The third kappa shape index (κ3) is 2.81. The van der Waals surface area contributed by atoms with E-state index in [1.807, 2.05) is 18.2 Å². The van der Waals surface area contributed by atoms with Crippen molar-refractivity contribution < 1.29 is 9.21 Å². The SMILES string of the molecule is CCc1c(C(C)NCC2CCC(=O)N2)oc2ccccc12. The van der Waals surface area contributed by atoms with E-state index < -0.39 is 0 Å². The number of furan rings is 1. The van der Waals surface area contributed by atoms with Crippen LogP contribution in [0.3, 0.4) is 0 Å². The van der Waals surface area contributed by atoms with E-state index in [2.05, 4.69) is 30.5 Å². The highest BCUT2D eigenvalue weighted by Crippen LogP contribution is 2.30. The highest BCUT2D eigenvalue weighted by Gasteiger charge is 2.23. The van der Waals surface area contributed by atoms with E-state index in [0.29, 0.717) is 6.42 Å². The van der Waals surface area contributed by atoms with Crippen LogP contribution in [0.4, 0.5) is 0 Å². The van der Waals surface area contributed by atoms with Crippen LogP contribution in [-0.4, -0.2) is 18.5 Å². The third-order valence-electron chi connectivity index (χ3n) is 4.23. The average molecular weight is 286 g/mol. The summed E-state index contributed by atoms with van der Waals surface area (Å²) in [7, 11) is 0. The van der Waals surface area contributed by atoms with Crippen molar-refractivity contribution in [3.63, 3.8) is 0 Å². The van der Waals surface area contributed by atoms with Gasteiger partial charge in [0.2, 0.25) is 5.91 Å². The first kappa shape index (κ1) is 14.1. The van der Waals surface area contributed by atoms with Gasteiger partial charge in [0.1, 0.15) is 11.3 Å². The minimum Gasteiger partial charge on any atom is -0.459 e. The Bertz CT molecular complexity index is 647. The molecule has 1 aliphatic heterocycles. The van der Waals surface area contributed by atoms with Crippen molar-refractivity contribution in [1.29, 1.82) is 0 Å². The van der Waals surface area contributed by atoms with E-state index in [0.717, 1.165) is 30.7 Å². The Labute approximate surface area is 124 Å². The lowest BCUT2D eigenvalue weighted by molar-refractivity contribution is -0.119. The quantitative estimate of drug-likeness (QED) is 0.888. The molecule has 1 aliphatic rings. The summed E-state index contributed by atoms with van der Waals surface area (Å²) in [6.07, 6.45) is 2.52. The van der Waals surface area contributed by atoms with Gasteiger partial charge in [-0.15, -0.1) is 0 Å². The van der Waals surface area contributed by atoms with E-state index in [9.17, 15) is 4.79 Å². The van der Waals surface area contributed by atoms with Crippen molar-refractivity contribution in [2.75, 3.05) is 6.54 Å². The lowest BCUT2D eigenvalue weighted by Gasteiger charge is -2.16. The van der Waals surface area contributed by atoms with Crippen LogP contribution >= 0.6 is 0 Å². The summed E-state index contributed by atoms with van der Waals surface area (Å²) in [4.78, 5) is 11.2. The molecule has 1 aromatic carbocycles. The highest BCUT2D eigenvalue weighted by atomic mass is 16.3. The molecule has 4 nitrogen and oxygen atoms in total. The first-order valence-electron chi connectivity index (χ1n) is 7.72. The smallest absolute Gasteiger partial charge is 0.220 e. The van der Waals surface area contributed by atoms with E-state index in [-0.39, 0.29) is 18.0 Å². The molecule has 0 saturated carbocycles. The van der Waals surface area contributed by atoms with Gasteiger partial charge >= 0.3 is 0 Å². The van der Waals surface area contributed by atoms with Crippen molar-refractivity contribution in [2.45, 2.75) is 45.2 Å². The van der Waals surface area contributed by atoms with E-state index in [1.54, 1.807) is 0 Å². The number of benzene rings is 1. The van der Waals surface area contributed by atoms with Crippen LogP contribution < -0.4 is 10.6 Å². The zero-order valence-electron chi connectivity index (χ0n) is 12.6. The molecular formula is C17H22N2O2. The second kappa shape index (κ2) is 5.90.